The molecule has 0 saturated heterocycles. The van der Waals surface area contributed by atoms with E-state index in [1.54, 1.807) is 65.2 Å². The Kier molecular flexibility index (Phi) is 5.93. The van der Waals surface area contributed by atoms with Gasteiger partial charge in [-0.25, -0.2) is 0 Å². The van der Waals surface area contributed by atoms with Gasteiger partial charge >= 0.3 is 5.97 Å². The fraction of sp³-hybridized carbons (Fsp3) is 0.0870. The Bertz CT molecular complexity index is 1320. The number of nitrogens with one attached hydrogen (secondary N) is 1. The standard InChI is InChI=1S/C23H16Cl2N2O4/c24-14-9-10-18(17(25)11-14)26-21(28)13-31-22(29)12-27-19-7-3-1-5-15(19)23(30)16-6-2-4-8-20(16)27/h1-11H,12-13H2,(H,26,28). The van der Waals surface area contributed by atoms with E-state index in [0.29, 0.717) is 32.5 Å². The first-order valence-corrected chi connectivity index (χ1v) is 10.1. The highest BCUT2D eigenvalue weighted by molar-refractivity contribution is 6.36. The molecule has 1 aromatic heterocycles. The van der Waals surface area contributed by atoms with E-state index in [1.165, 1.54) is 6.07 Å². The number of ether oxygens (including phenoxy) is 1. The van der Waals surface area contributed by atoms with Crippen LogP contribution in [-0.4, -0.2) is 23.1 Å². The Morgan fingerprint density at radius 1 is 0.903 bits per heavy atom. The third-order valence-corrected chi connectivity index (χ3v) is 5.28. The molecule has 6 nitrogen and oxygen atoms in total. The number of rotatable bonds is 5. The zero-order valence-corrected chi connectivity index (χ0v) is 17.6. The molecule has 0 aliphatic rings. The van der Waals surface area contributed by atoms with E-state index in [-0.39, 0.29) is 17.0 Å². The first-order chi connectivity index (χ1) is 14.9. The number of halogens is 2. The van der Waals surface area contributed by atoms with E-state index < -0.39 is 18.5 Å². The Morgan fingerprint density at radius 3 is 2.13 bits per heavy atom. The van der Waals surface area contributed by atoms with Crippen molar-refractivity contribution in [3.63, 3.8) is 0 Å². The second-order valence-corrected chi connectivity index (χ2v) is 7.63. The molecule has 8 heteroatoms. The van der Waals surface area contributed by atoms with Crippen LogP contribution in [0.4, 0.5) is 5.69 Å². The molecule has 3 aromatic carbocycles. The Hall–Kier alpha value is -3.35. The number of amides is 1. The largest absolute Gasteiger partial charge is 0.454 e. The zero-order chi connectivity index (χ0) is 22.0. The van der Waals surface area contributed by atoms with E-state index in [4.69, 9.17) is 27.9 Å². The number of carbonyl (C=O) groups is 2. The summed E-state index contributed by atoms with van der Waals surface area (Å²) in [5.74, 6) is -1.15. The molecule has 0 spiro atoms. The lowest BCUT2D eigenvalue weighted by Gasteiger charge is -2.14. The topological polar surface area (TPSA) is 77.4 Å². The normalized spacial score (nSPS) is 10.9. The van der Waals surface area contributed by atoms with Crippen LogP contribution in [0.5, 0.6) is 0 Å². The number of fused-ring (bicyclic) bond motifs is 2. The molecule has 1 heterocycles. The van der Waals surface area contributed by atoms with Crippen LogP contribution in [0.3, 0.4) is 0 Å². The summed E-state index contributed by atoms with van der Waals surface area (Å²) in [6.07, 6.45) is 0. The van der Waals surface area contributed by atoms with Crippen LogP contribution in [0.1, 0.15) is 0 Å². The van der Waals surface area contributed by atoms with Gasteiger partial charge in [0.25, 0.3) is 5.91 Å². The van der Waals surface area contributed by atoms with Crippen LogP contribution in [0, 0.1) is 0 Å². The highest BCUT2D eigenvalue weighted by Gasteiger charge is 2.15. The quantitative estimate of drug-likeness (QED) is 0.351. The highest BCUT2D eigenvalue weighted by Crippen LogP contribution is 2.25. The lowest BCUT2D eigenvalue weighted by molar-refractivity contribution is -0.147. The first kappa shape index (κ1) is 20.9. The zero-order valence-electron chi connectivity index (χ0n) is 16.1. The average molecular weight is 455 g/mol. The first-order valence-electron chi connectivity index (χ1n) is 9.35. The fourth-order valence-electron chi connectivity index (χ4n) is 3.35. The molecule has 0 bridgehead atoms. The van der Waals surface area contributed by atoms with E-state index in [2.05, 4.69) is 5.32 Å². The average Bonchev–Trinajstić information content (AvgIpc) is 2.77. The Balaban J connectivity index is 1.53. The number of anilines is 1. The van der Waals surface area contributed by atoms with Crippen molar-refractivity contribution in [2.24, 2.45) is 0 Å². The van der Waals surface area contributed by atoms with Gasteiger partial charge in [0.05, 0.1) is 21.7 Å². The highest BCUT2D eigenvalue weighted by atomic mass is 35.5. The van der Waals surface area contributed by atoms with Crippen LogP contribution in [0.2, 0.25) is 10.0 Å². The second-order valence-electron chi connectivity index (χ2n) is 6.78. The van der Waals surface area contributed by atoms with Crippen molar-refractivity contribution in [2.45, 2.75) is 6.54 Å². The summed E-state index contributed by atoms with van der Waals surface area (Å²) in [4.78, 5) is 37.4. The number of pyridine rings is 1. The third-order valence-electron chi connectivity index (χ3n) is 4.74. The number of hydrogen-bond donors (Lipinski definition) is 1. The molecular formula is C23H16Cl2N2O4. The molecule has 156 valence electrons. The summed E-state index contributed by atoms with van der Waals surface area (Å²) in [6.45, 7) is -0.635. The van der Waals surface area contributed by atoms with Gasteiger partial charge < -0.3 is 14.6 Å². The van der Waals surface area contributed by atoms with Crippen molar-refractivity contribution < 1.29 is 14.3 Å². The Morgan fingerprint density at radius 2 is 1.52 bits per heavy atom. The molecule has 4 rings (SSSR count). The van der Waals surface area contributed by atoms with E-state index in [1.807, 2.05) is 0 Å². The van der Waals surface area contributed by atoms with Gasteiger partial charge in [-0.05, 0) is 42.5 Å². The molecule has 0 saturated carbocycles. The molecule has 0 radical (unpaired) electrons. The summed E-state index contributed by atoms with van der Waals surface area (Å²) in [5, 5.41) is 4.29. The van der Waals surface area contributed by atoms with Crippen LogP contribution in [0.25, 0.3) is 21.8 Å². The maximum Gasteiger partial charge on any atom is 0.326 e. The summed E-state index contributed by atoms with van der Waals surface area (Å²) in [6, 6.07) is 18.7. The third kappa shape index (κ3) is 4.40. The SMILES string of the molecule is O=C(COC(=O)Cn1c2ccccc2c(=O)c2ccccc21)Nc1ccc(Cl)cc1Cl. The summed E-state index contributed by atoms with van der Waals surface area (Å²) >= 11 is 11.9. The van der Waals surface area contributed by atoms with Gasteiger partial charge in [-0.1, -0.05) is 47.5 Å². The number of nitrogens with zero attached hydrogens (tertiary/aromatic N) is 1. The maximum absolute atomic E-state index is 12.8. The summed E-state index contributed by atoms with van der Waals surface area (Å²) in [5.41, 5.74) is 1.49. The number of aromatic nitrogens is 1. The van der Waals surface area contributed by atoms with Crippen molar-refractivity contribution in [2.75, 3.05) is 11.9 Å². The van der Waals surface area contributed by atoms with Crippen LogP contribution in [-0.2, 0) is 20.9 Å². The molecule has 1 amide bonds. The molecule has 0 atom stereocenters. The fourth-order valence-corrected chi connectivity index (χ4v) is 3.80. The van der Waals surface area contributed by atoms with Crippen LogP contribution < -0.4 is 10.7 Å². The smallest absolute Gasteiger partial charge is 0.326 e. The lowest BCUT2D eigenvalue weighted by Crippen LogP contribution is -2.24. The van der Waals surface area contributed by atoms with Crippen molar-refractivity contribution in [3.8, 4) is 0 Å². The monoisotopic (exact) mass is 454 g/mol. The van der Waals surface area contributed by atoms with E-state index in [9.17, 15) is 14.4 Å². The molecule has 0 aliphatic carbocycles. The van der Waals surface area contributed by atoms with Gasteiger partial charge in [0, 0.05) is 15.8 Å². The van der Waals surface area contributed by atoms with E-state index >= 15 is 0 Å². The second kappa shape index (κ2) is 8.79. The summed E-state index contributed by atoms with van der Waals surface area (Å²) < 4.78 is 6.86. The minimum absolute atomic E-state index is 0.102. The number of esters is 1. The number of hydrogen-bond acceptors (Lipinski definition) is 4. The van der Waals surface area contributed by atoms with Crippen molar-refractivity contribution in [1.82, 2.24) is 4.57 Å². The molecule has 1 N–H and O–H groups in total. The minimum Gasteiger partial charge on any atom is -0.454 e. The van der Waals surface area contributed by atoms with Gasteiger partial charge in [0.2, 0.25) is 0 Å². The van der Waals surface area contributed by atoms with Crippen molar-refractivity contribution in [1.29, 1.82) is 0 Å². The molecule has 0 aliphatic heterocycles. The van der Waals surface area contributed by atoms with Gasteiger partial charge in [-0.15, -0.1) is 0 Å². The predicted octanol–water partition coefficient (Wildman–Crippen LogP) is 4.64. The minimum atomic E-state index is -0.615. The maximum atomic E-state index is 12.8. The molecule has 0 unspecified atom stereocenters. The van der Waals surface area contributed by atoms with E-state index in [0.717, 1.165) is 0 Å². The lowest BCUT2D eigenvalue weighted by atomic mass is 10.1. The van der Waals surface area contributed by atoms with Gasteiger partial charge in [-0.3, -0.25) is 14.4 Å². The molecule has 31 heavy (non-hydrogen) atoms. The number of benzene rings is 3. The van der Waals surface area contributed by atoms with Gasteiger partial charge in [-0.2, -0.15) is 0 Å². The number of para-hydroxylation sites is 2. The summed E-state index contributed by atoms with van der Waals surface area (Å²) in [7, 11) is 0. The van der Waals surface area contributed by atoms with Crippen molar-refractivity contribution >= 4 is 62.6 Å². The van der Waals surface area contributed by atoms with Gasteiger partial charge in [0.1, 0.15) is 6.54 Å². The Labute approximate surface area is 186 Å². The molecule has 0 fully saturated rings. The number of carbonyl (C=O) groups excluding carboxylic acids is 2. The van der Waals surface area contributed by atoms with Gasteiger partial charge in [0.15, 0.2) is 12.0 Å². The molecular weight excluding hydrogens is 439 g/mol. The van der Waals surface area contributed by atoms with Crippen LogP contribution >= 0.6 is 23.2 Å². The predicted molar refractivity (Wildman–Crippen MR) is 122 cm³/mol. The van der Waals surface area contributed by atoms with Crippen LogP contribution in [0.15, 0.2) is 71.5 Å². The van der Waals surface area contributed by atoms with Crippen molar-refractivity contribution in [3.05, 3.63) is 87.0 Å². The molecule has 4 aromatic rings.